The van der Waals surface area contributed by atoms with E-state index in [1.54, 1.807) is 24.3 Å². The summed E-state index contributed by atoms with van der Waals surface area (Å²) in [6.07, 6.45) is 0. The van der Waals surface area contributed by atoms with Gasteiger partial charge in [0, 0.05) is 23.8 Å². The molecule has 2 fully saturated rings. The maximum Gasteiger partial charge on any atom is 0.325 e. The Kier molecular flexibility index (Phi) is 7.07. The standard InChI is InChI=1S/C22H22Cl2N4O6S/c1-22(14-2-4-15(23)5-3-14)20(30)28(21(31)26-22)13-19(29)25-16-6-7-17(24)18(12-16)35(32,33)27-8-10-34-11-9-27/h2-7,12H,8-11,13H2,1H3,(H,25,29)(H,26,31). The molecule has 2 aliphatic heterocycles. The van der Waals surface area contributed by atoms with Gasteiger partial charge in [-0.25, -0.2) is 13.2 Å². The van der Waals surface area contributed by atoms with Crippen molar-refractivity contribution >= 4 is 56.8 Å². The third kappa shape index (κ3) is 5.00. The molecule has 2 aromatic carbocycles. The van der Waals surface area contributed by atoms with Crippen LogP contribution in [0.25, 0.3) is 0 Å². The summed E-state index contributed by atoms with van der Waals surface area (Å²) < 4.78 is 32.5. The Bertz CT molecular complexity index is 1280. The summed E-state index contributed by atoms with van der Waals surface area (Å²) in [5.41, 5.74) is -0.695. The number of anilines is 1. The monoisotopic (exact) mass is 540 g/mol. The number of amides is 4. The predicted octanol–water partition coefficient (Wildman–Crippen LogP) is 2.42. The molecule has 1 atom stereocenters. The lowest BCUT2D eigenvalue weighted by Gasteiger charge is -2.26. The van der Waals surface area contributed by atoms with E-state index in [0.29, 0.717) is 10.6 Å². The normalized spacial score (nSPS) is 21.2. The van der Waals surface area contributed by atoms with Crippen molar-refractivity contribution in [3.05, 3.63) is 58.1 Å². The van der Waals surface area contributed by atoms with Crippen LogP contribution in [-0.2, 0) is 29.9 Å². The van der Waals surface area contributed by atoms with Crippen LogP contribution in [0.4, 0.5) is 10.5 Å². The third-order valence-corrected chi connectivity index (χ3v) is 8.43. The van der Waals surface area contributed by atoms with E-state index in [4.69, 9.17) is 27.9 Å². The summed E-state index contributed by atoms with van der Waals surface area (Å²) in [7, 11) is -3.91. The third-order valence-electron chi connectivity index (χ3n) is 5.80. The number of ether oxygens (including phenoxy) is 1. The minimum atomic E-state index is -3.91. The predicted molar refractivity (Wildman–Crippen MR) is 129 cm³/mol. The van der Waals surface area contributed by atoms with E-state index >= 15 is 0 Å². The second-order valence-electron chi connectivity index (χ2n) is 8.16. The van der Waals surface area contributed by atoms with Crippen LogP contribution in [0.5, 0.6) is 0 Å². The Hall–Kier alpha value is -2.70. The summed E-state index contributed by atoms with van der Waals surface area (Å²) in [4.78, 5) is 38.9. The first-order chi connectivity index (χ1) is 16.5. The van der Waals surface area contributed by atoms with Gasteiger partial charge >= 0.3 is 6.03 Å². The molecule has 35 heavy (non-hydrogen) atoms. The van der Waals surface area contributed by atoms with Crippen molar-refractivity contribution in [3.63, 3.8) is 0 Å². The number of carbonyl (C=O) groups excluding carboxylic acids is 3. The molecular formula is C22H22Cl2N4O6S. The van der Waals surface area contributed by atoms with Crippen molar-refractivity contribution < 1.29 is 27.5 Å². The highest BCUT2D eigenvalue weighted by molar-refractivity contribution is 7.89. The zero-order valence-electron chi connectivity index (χ0n) is 18.6. The largest absolute Gasteiger partial charge is 0.379 e. The van der Waals surface area contributed by atoms with Gasteiger partial charge in [-0.2, -0.15) is 4.31 Å². The molecule has 2 aromatic rings. The van der Waals surface area contributed by atoms with Crippen LogP contribution in [0.2, 0.25) is 10.0 Å². The summed E-state index contributed by atoms with van der Waals surface area (Å²) in [5, 5.41) is 5.62. The number of hydrogen-bond acceptors (Lipinski definition) is 6. The summed E-state index contributed by atoms with van der Waals surface area (Å²) >= 11 is 12.1. The molecule has 0 bridgehead atoms. The van der Waals surface area contributed by atoms with Gasteiger partial charge in [0.05, 0.1) is 18.2 Å². The fourth-order valence-electron chi connectivity index (χ4n) is 3.87. The first kappa shape index (κ1) is 25.4. The van der Waals surface area contributed by atoms with Gasteiger partial charge < -0.3 is 15.4 Å². The van der Waals surface area contributed by atoms with Gasteiger partial charge in [0.2, 0.25) is 15.9 Å². The number of halogens is 2. The highest BCUT2D eigenvalue weighted by Crippen LogP contribution is 2.30. The Morgan fingerprint density at radius 1 is 1.11 bits per heavy atom. The van der Waals surface area contributed by atoms with Crippen LogP contribution < -0.4 is 10.6 Å². The minimum Gasteiger partial charge on any atom is -0.379 e. The number of nitrogens with zero attached hydrogens (tertiary/aromatic N) is 2. The molecule has 2 aliphatic rings. The zero-order valence-corrected chi connectivity index (χ0v) is 20.9. The van der Waals surface area contributed by atoms with Gasteiger partial charge in [-0.3, -0.25) is 14.5 Å². The number of morpholine rings is 1. The lowest BCUT2D eigenvalue weighted by atomic mass is 9.92. The number of carbonyl (C=O) groups is 3. The van der Waals surface area contributed by atoms with E-state index in [1.165, 1.54) is 29.4 Å². The molecule has 13 heteroatoms. The molecular weight excluding hydrogens is 519 g/mol. The second-order valence-corrected chi connectivity index (χ2v) is 10.9. The molecule has 0 radical (unpaired) electrons. The van der Waals surface area contributed by atoms with Crippen molar-refractivity contribution in [2.45, 2.75) is 17.4 Å². The maximum atomic E-state index is 13.0. The zero-order chi connectivity index (χ0) is 25.4. The van der Waals surface area contributed by atoms with E-state index in [1.807, 2.05) is 0 Å². The smallest absolute Gasteiger partial charge is 0.325 e. The summed E-state index contributed by atoms with van der Waals surface area (Å²) in [6.45, 7) is 1.89. The van der Waals surface area contributed by atoms with Crippen molar-refractivity contribution in [2.75, 3.05) is 38.2 Å². The van der Waals surface area contributed by atoms with Crippen molar-refractivity contribution in [1.82, 2.24) is 14.5 Å². The minimum absolute atomic E-state index is 0.00215. The topological polar surface area (TPSA) is 125 Å². The molecule has 2 saturated heterocycles. The number of hydrogen-bond donors (Lipinski definition) is 2. The highest BCUT2D eigenvalue weighted by Gasteiger charge is 2.49. The molecule has 0 aromatic heterocycles. The van der Waals surface area contributed by atoms with Crippen molar-refractivity contribution in [1.29, 1.82) is 0 Å². The van der Waals surface area contributed by atoms with Gasteiger partial charge in [0.15, 0.2) is 0 Å². The van der Waals surface area contributed by atoms with Gasteiger partial charge in [-0.05, 0) is 42.8 Å². The van der Waals surface area contributed by atoms with Crippen LogP contribution in [0, 0.1) is 0 Å². The lowest BCUT2D eigenvalue weighted by Crippen LogP contribution is -2.42. The number of sulfonamides is 1. The molecule has 4 amide bonds. The lowest BCUT2D eigenvalue weighted by molar-refractivity contribution is -0.133. The molecule has 10 nitrogen and oxygen atoms in total. The van der Waals surface area contributed by atoms with E-state index in [0.717, 1.165) is 4.90 Å². The molecule has 186 valence electrons. The molecule has 2 heterocycles. The number of rotatable bonds is 6. The van der Waals surface area contributed by atoms with Gasteiger partial charge in [0.25, 0.3) is 5.91 Å². The number of benzene rings is 2. The fraction of sp³-hybridized carbons (Fsp3) is 0.318. The van der Waals surface area contributed by atoms with E-state index in [2.05, 4.69) is 10.6 Å². The number of nitrogens with one attached hydrogen (secondary N) is 2. The number of urea groups is 1. The van der Waals surface area contributed by atoms with Crippen LogP contribution in [0.15, 0.2) is 47.4 Å². The summed E-state index contributed by atoms with van der Waals surface area (Å²) in [6, 6.07) is 9.74. The fourth-order valence-corrected chi connectivity index (χ4v) is 5.90. The Morgan fingerprint density at radius 2 is 1.77 bits per heavy atom. The van der Waals surface area contributed by atoms with E-state index in [9.17, 15) is 22.8 Å². The average Bonchev–Trinajstić information content (AvgIpc) is 3.05. The van der Waals surface area contributed by atoms with Crippen LogP contribution in [0.3, 0.4) is 0 Å². The van der Waals surface area contributed by atoms with Crippen LogP contribution >= 0.6 is 23.2 Å². The van der Waals surface area contributed by atoms with Gasteiger partial charge in [-0.1, -0.05) is 35.3 Å². The van der Waals surface area contributed by atoms with E-state index < -0.39 is 40.0 Å². The molecule has 4 rings (SSSR count). The highest BCUT2D eigenvalue weighted by atomic mass is 35.5. The van der Waals surface area contributed by atoms with Gasteiger partial charge in [0.1, 0.15) is 17.0 Å². The quantitative estimate of drug-likeness (QED) is 0.542. The Morgan fingerprint density at radius 3 is 2.43 bits per heavy atom. The van der Waals surface area contributed by atoms with Gasteiger partial charge in [-0.15, -0.1) is 0 Å². The molecule has 0 aliphatic carbocycles. The SMILES string of the molecule is CC1(c2ccc(Cl)cc2)NC(=O)N(CC(=O)Nc2ccc(Cl)c(S(=O)(=O)N3CCOCC3)c2)C1=O. The molecule has 0 saturated carbocycles. The van der Waals surface area contributed by atoms with Crippen molar-refractivity contribution in [3.8, 4) is 0 Å². The average molecular weight is 541 g/mol. The first-order valence-corrected chi connectivity index (χ1v) is 12.8. The Labute approximate surface area is 212 Å². The van der Waals surface area contributed by atoms with E-state index in [-0.39, 0.29) is 41.9 Å². The molecule has 1 unspecified atom stereocenters. The Balaban J connectivity index is 1.49. The van der Waals surface area contributed by atoms with Crippen molar-refractivity contribution in [2.24, 2.45) is 0 Å². The number of imide groups is 1. The molecule has 0 spiro atoms. The van der Waals surface area contributed by atoms with Crippen LogP contribution in [-0.4, -0.2) is 68.3 Å². The van der Waals surface area contributed by atoms with Crippen LogP contribution in [0.1, 0.15) is 12.5 Å². The first-order valence-electron chi connectivity index (χ1n) is 10.6. The maximum absolute atomic E-state index is 13.0. The summed E-state index contributed by atoms with van der Waals surface area (Å²) in [5.74, 6) is -1.29. The molecule has 2 N–H and O–H groups in total. The second kappa shape index (κ2) is 9.75.